The van der Waals surface area contributed by atoms with Gasteiger partial charge in [0.1, 0.15) is 11.5 Å². The highest BCUT2D eigenvalue weighted by molar-refractivity contribution is 6.05. The predicted octanol–water partition coefficient (Wildman–Crippen LogP) is 3.03. The largest absolute Gasteiger partial charge is 0.497 e. The van der Waals surface area contributed by atoms with Crippen LogP contribution in [-0.4, -0.2) is 31.7 Å². The normalized spacial score (nSPS) is 9.80. The number of benzene rings is 1. The van der Waals surface area contributed by atoms with Crippen LogP contribution in [0.3, 0.4) is 0 Å². The maximum Gasteiger partial charge on any atom is 0.257 e. The first kappa shape index (κ1) is 18.1. The van der Waals surface area contributed by atoms with Gasteiger partial charge in [-0.1, -0.05) is 0 Å². The monoisotopic (exact) mass is 341 g/mol. The Morgan fingerprint density at radius 2 is 1.96 bits per heavy atom. The summed E-state index contributed by atoms with van der Waals surface area (Å²) >= 11 is 0. The molecule has 0 spiro atoms. The van der Waals surface area contributed by atoms with Gasteiger partial charge >= 0.3 is 0 Å². The minimum absolute atomic E-state index is 0.311. The first-order valence-corrected chi connectivity index (χ1v) is 7.67. The molecule has 1 heterocycles. The number of carbonyl (C=O) groups excluding carboxylic acids is 1. The van der Waals surface area contributed by atoms with Crippen LogP contribution in [0.15, 0.2) is 36.5 Å². The highest BCUT2D eigenvalue weighted by Crippen LogP contribution is 2.25. The van der Waals surface area contributed by atoms with E-state index in [0.717, 1.165) is 0 Å². The summed E-state index contributed by atoms with van der Waals surface area (Å²) in [5, 5.41) is 11.3. The number of hydrogen-bond donors (Lipinski definition) is 1. The van der Waals surface area contributed by atoms with E-state index in [9.17, 15) is 4.79 Å². The van der Waals surface area contributed by atoms with Crippen molar-refractivity contribution in [1.29, 1.82) is 5.26 Å². The average molecular weight is 341 g/mol. The molecule has 0 radical (unpaired) electrons. The van der Waals surface area contributed by atoms with E-state index >= 15 is 0 Å². The van der Waals surface area contributed by atoms with Gasteiger partial charge in [0.2, 0.25) is 0 Å². The Morgan fingerprint density at radius 3 is 2.60 bits per heavy atom. The standard InChI is InChI=1S/C18H19N3O4/c1-23-14-10-13(11-15(12-14)24-2)18(22)21-17-16(6-5-8-20-17)25-9-4-3-7-19/h5-6,8,10-12H,3-4,9H2,1-2H3,(H,20,21,22). The Kier molecular flexibility index (Phi) is 6.60. The molecule has 0 bridgehead atoms. The number of nitrogens with one attached hydrogen (secondary N) is 1. The number of rotatable bonds is 8. The maximum absolute atomic E-state index is 12.5. The number of unbranched alkanes of at least 4 members (excludes halogenated alkanes) is 1. The second-order valence-electron chi connectivity index (χ2n) is 5.02. The number of carbonyl (C=O) groups is 1. The molecule has 0 unspecified atom stereocenters. The van der Waals surface area contributed by atoms with Crippen LogP contribution in [0.4, 0.5) is 5.82 Å². The smallest absolute Gasteiger partial charge is 0.257 e. The van der Waals surface area contributed by atoms with Crippen molar-refractivity contribution < 1.29 is 19.0 Å². The van der Waals surface area contributed by atoms with Gasteiger partial charge in [0, 0.05) is 24.2 Å². The van der Waals surface area contributed by atoms with Crippen molar-refractivity contribution in [1.82, 2.24) is 4.98 Å². The van der Waals surface area contributed by atoms with Gasteiger partial charge < -0.3 is 19.5 Å². The Bertz CT molecular complexity index is 749. The van der Waals surface area contributed by atoms with Crippen molar-refractivity contribution in [3.05, 3.63) is 42.1 Å². The molecule has 0 aliphatic rings. The van der Waals surface area contributed by atoms with Crippen molar-refractivity contribution in [3.8, 4) is 23.3 Å². The van der Waals surface area contributed by atoms with Crippen molar-refractivity contribution in [3.63, 3.8) is 0 Å². The fourth-order valence-electron chi connectivity index (χ4n) is 2.05. The average Bonchev–Trinajstić information content (AvgIpc) is 2.65. The Labute approximate surface area is 146 Å². The summed E-state index contributed by atoms with van der Waals surface area (Å²) in [6.07, 6.45) is 2.57. The van der Waals surface area contributed by atoms with Gasteiger partial charge in [0.05, 0.1) is 26.9 Å². The van der Waals surface area contributed by atoms with Gasteiger partial charge in [-0.3, -0.25) is 4.79 Å². The number of nitrogens with zero attached hydrogens (tertiary/aromatic N) is 2. The van der Waals surface area contributed by atoms with E-state index < -0.39 is 0 Å². The third kappa shape index (κ3) is 5.11. The molecule has 1 amide bonds. The third-order valence-corrected chi connectivity index (χ3v) is 3.31. The molecule has 0 atom stereocenters. The van der Waals surface area contributed by atoms with Gasteiger partial charge in [-0.15, -0.1) is 0 Å². The van der Waals surface area contributed by atoms with Crippen LogP contribution in [0.2, 0.25) is 0 Å². The molecule has 130 valence electrons. The van der Waals surface area contributed by atoms with Crippen molar-refractivity contribution in [2.45, 2.75) is 12.8 Å². The predicted molar refractivity (Wildman–Crippen MR) is 92.1 cm³/mol. The molecule has 7 heteroatoms. The van der Waals surface area contributed by atoms with Crippen LogP contribution >= 0.6 is 0 Å². The second-order valence-corrected chi connectivity index (χ2v) is 5.02. The fourth-order valence-corrected chi connectivity index (χ4v) is 2.05. The summed E-state index contributed by atoms with van der Waals surface area (Å²) < 4.78 is 15.9. The summed E-state index contributed by atoms with van der Waals surface area (Å²) in [5.74, 6) is 1.42. The fraction of sp³-hybridized carbons (Fsp3) is 0.278. The van der Waals surface area contributed by atoms with Crippen LogP contribution in [-0.2, 0) is 0 Å². The van der Waals surface area contributed by atoms with Crippen LogP contribution in [0.5, 0.6) is 17.2 Å². The summed E-state index contributed by atoms with van der Waals surface area (Å²) in [6.45, 7) is 0.370. The molecule has 7 nitrogen and oxygen atoms in total. The van der Waals surface area contributed by atoms with Crippen LogP contribution in [0.1, 0.15) is 23.2 Å². The molecule has 0 saturated heterocycles. The lowest BCUT2D eigenvalue weighted by molar-refractivity contribution is 0.102. The zero-order valence-corrected chi connectivity index (χ0v) is 14.1. The minimum atomic E-state index is -0.363. The van der Waals surface area contributed by atoms with Crippen molar-refractivity contribution in [2.75, 3.05) is 26.1 Å². The van der Waals surface area contributed by atoms with E-state index in [0.29, 0.717) is 48.1 Å². The molecular weight excluding hydrogens is 322 g/mol. The summed E-state index contributed by atoms with van der Waals surface area (Å²) in [6, 6.07) is 10.4. The zero-order valence-electron chi connectivity index (χ0n) is 14.1. The SMILES string of the molecule is COc1cc(OC)cc(C(=O)Nc2ncccc2OCCCC#N)c1. The van der Waals surface area contributed by atoms with Crippen LogP contribution in [0.25, 0.3) is 0 Å². The molecule has 0 saturated carbocycles. The molecule has 2 aromatic rings. The first-order chi connectivity index (χ1) is 12.2. The first-order valence-electron chi connectivity index (χ1n) is 7.67. The van der Waals surface area contributed by atoms with E-state index in [-0.39, 0.29) is 5.91 Å². The van der Waals surface area contributed by atoms with Gasteiger partial charge in [-0.25, -0.2) is 4.98 Å². The Morgan fingerprint density at radius 1 is 1.24 bits per heavy atom. The molecule has 0 aliphatic carbocycles. The Balaban J connectivity index is 2.14. The molecule has 0 fully saturated rings. The molecular formula is C18H19N3O4. The lowest BCUT2D eigenvalue weighted by atomic mass is 10.2. The number of ether oxygens (including phenoxy) is 3. The van der Waals surface area contributed by atoms with Gasteiger partial charge in [0.15, 0.2) is 11.6 Å². The Hall–Kier alpha value is -3.27. The summed E-state index contributed by atoms with van der Waals surface area (Å²) in [5.41, 5.74) is 0.372. The molecule has 1 aromatic carbocycles. The van der Waals surface area contributed by atoms with Gasteiger partial charge in [0.25, 0.3) is 5.91 Å². The molecule has 0 aliphatic heterocycles. The lowest BCUT2D eigenvalue weighted by Gasteiger charge is -2.12. The van der Waals surface area contributed by atoms with Gasteiger partial charge in [-0.2, -0.15) is 5.26 Å². The summed E-state index contributed by atoms with van der Waals surface area (Å²) in [7, 11) is 3.03. The van der Waals surface area contributed by atoms with E-state index in [1.54, 1.807) is 36.5 Å². The number of nitriles is 1. The van der Waals surface area contributed by atoms with Crippen LogP contribution in [0, 0.1) is 11.3 Å². The number of hydrogen-bond acceptors (Lipinski definition) is 6. The molecule has 25 heavy (non-hydrogen) atoms. The topological polar surface area (TPSA) is 93.5 Å². The van der Waals surface area contributed by atoms with E-state index in [1.165, 1.54) is 14.2 Å². The second kappa shape index (κ2) is 9.13. The zero-order chi connectivity index (χ0) is 18.1. The highest BCUT2D eigenvalue weighted by atomic mass is 16.5. The maximum atomic E-state index is 12.5. The molecule has 1 aromatic heterocycles. The summed E-state index contributed by atoms with van der Waals surface area (Å²) in [4.78, 5) is 16.7. The quantitative estimate of drug-likeness (QED) is 0.742. The number of amides is 1. The number of anilines is 1. The van der Waals surface area contributed by atoms with Crippen molar-refractivity contribution in [2.24, 2.45) is 0 Å². The highest BCUT2D eigenvalue weighted by Gasteiger charge is 2.13. The number of aromatic nitrogens is 1. The minimum Gasteiger partial charge on any atom is -0.497 e. The third-order valence-electron chi connectivity index (χ3n) is 3.31. The lowest BCUT2D eigenvalue weighted by Crippen LogP contribution is -2.14. The number of pyridine rings is 1. The molecule has 1 N–H and O–H groups in total. The van der Waals surface area contributed by atoms with E-state index in [1.807, 2.05) is 0 Å². The number of methoxy groups -OCH3 is 2. The van der Waals surface area contributed by atoms with Gasteiger partial charge in [-0.05, 0) is 30.7 Å². The van der Waals surface area contributed by atoms with E-state index in [4.69, 9.17) is 19.5 Å². The molecule has 2 rings (SSSR count). The van der Waals surface area contributed by atoms with E-state index in [2.05, 4.69) is 16.4 Å². The van der Waals surface area contributed by atoms with Crippen LogP contribution < -0.4 is 19.5 Å². The van der Waals surface area contributed by atoms with Crippen molar-refractivity contribution >= 4 is 11.7 Å².